The molecular weight excluding hydrogens is 307 g/mol. The summed E-state index contributed by atoms with van der Waals surface area (Å²) in [6, 6.07) is 5.20. The Bertz CT molecular complexity index is 596. The van der Waals surface area contributed by atoms with Gasteiger partial charge in [-0.25, -0.2) is 9.37 Å². The summed E-state index contributed by atoms with van der Waals surface area (Å²) in [5.41, 5.74) is 2.28. The molecule has 0 atom stereocenters. The van der Waals surface area contributed by atoms with Gasteiger partial charge < -0.3 is 5.32 Å². The number of benzene rings is 1. The number of pyridine rings is 1. The third kappa shape index (κ3) is 2.89. The second kappa shape index (κ2) is 5.87. The Hall–Kier alpha value is -1.16. The van der Waals surface area contributed by atoms with E-state index >= 15 is 0 Å². The summed E-state index contributed by atoms with van der Waals surface area (Å²) < 4.78 is 14.9. The SMILES string of the molecule is CCCNc1cc(C(C)C)nc2c(F)ccc(Br)c12. The third-order valence-electron chi connectivity index (χ3n) is 3.04. The van der Waals surface area contributed by atoms with Crippen LogP contribution < -0.4 is 5.32 Å². The first kappa shape index (κ1) is 14.3. The highest BCUT2D eigenvalue weighted by molar-refractivity contribution is 9.10. The molecule has 1 heterocycles. The summed E-state index contributed by atoms with van der Waals surface area (Å²) in [5, 5.41) is 4.18. The van der Waals surface area contributed by atoms with Crippen molar-refractivity contribution in [3.8, 4) is 0 Å². The number of anilines is 1. The van der Waals surface area contributed by atoms with Crippen LogP contribution in [0.1, 0.15) is 38.8 Å². The zero-order chi connectivity index (χ0) is 14.0. The Morgan fingerprint density at radius 1 is 1.37 bits per heavy atom. The van der Waals surface area contributed by atoms with Gasteiger partial charge in [0.25, 0.3) is 0 Å². The maximum Gasteiger partial charge on any atom is 0.149 e. The van der Waals surface area contributed by atoms with E-state index in [0.29, 0.717) is 5.52 Å². The molecule has 0 saturated carbocycles. The molecule has 0 bridgehead atoms. The molecule has 0 aliphatic carbocycles. The summed E-state index contributed by atoms with van der Waals surface area (Å²) in [5.74, 6) is -0.00907. The number of nitrogens with one attached hydrogen (secondary N) is 1. The molecule has 2 nitrogen and oxygen atoms in total. The molecule has 0 unspecified atom stereocenters. The summed E-state index contributed by atoms with van der Waals surface area (Å²) in [6.45, 7) is 7.09. The number of halogens is 2. The Kier molecular flexibility index (Phi) is 4.40. The van der Waals surface area contributed by atoms with Crippen LogP contribution in [0.15, 0.2) is 22.7 Å². The summed E-state index contributed by atoms with van der Waals surface area (Å²) in [4.78, 5) is 4.46. The van der Waals surface area contributed by atoms with Gasteiger partial charge in [0, 0.05) is 27.8 Å². The van der Waals surface area contributed by atoms with E-state index in [-0.39, 0.29) is 11.7 Å². The molecule has 4 heteroatoms. The zero-order valence-corrected chi connectivity index (χ0v) is 13.0. The minimum Gasteiger partial charge on any atom is -0.384 e. The van der Waals surface area contributed by atoms with Crippen LogP contribution in [0.25, 0.3) is 10.9 Å². The first-order chi connectivity index (χ1) is 9.04. The maximum atomic E-state index is 14.0. The number of aromatic nitrogens is 1. The summed E-state index contributed by atoms with van der Waals surface area (Å²) >= 11 is 3.49. The molecule has 0 aliphatic rings. The Morgan fingerprint density at radius 2 is 2.11 bits per heavy atom. The van der Waals surface area contributed by atoms with E-state index in [4.69, 9.17) is 0 Å². The fraction of sp³-hybridized carbons (Fsp3) is 0.400. The molecule has 1 aromatic heterocycles. The number of rotatable bonds is 4. The quantitative estimate of drug-likeness (QED) is 0.848. The lowest BCUT2D eigenvalue weighted by Crippen LogP contribution is -2.04. The molecule has 19 heavy (non-hydrogen) atoms. The maximum absolute atomic E-state index is 14.0. The van der Waals surface area contributed by atoms with Gasteiger partial charge in [0.2, 0.25) is 0 Å². The fourth-order valence-corrected chi connectivity index (χ4v) is 2.52. The Labute approximate surface area is 121 Å². The lowest BCUT2D eigenvalue weighted by Gasteiger charge is -2.14. The van der Waals surface area contributed by atoms with E-state index in [1.165, 1.54) is 6.07 Å². The highest BCUT2D eigenvalue weighted by atomic mass is 79.9. The second-order valence-electron chi connectivity index (χ2n) is 4.93. The van der Waals surface area contributed by atoms with Crippen molar-refractivity contribution in [3.05, 3.63) is 34.2 Å². The standard InChI is InChI=1S/C15H18BrFN2/c1-4-7-18-13-8-12(9(2)3)19-15-11(17)6-5-10(16)14(13)15/h5-6,8-9H,4,7H2,1-3H3,(H,18,19). The van der Waals surface area contributed by atoms with Crippen molar-refractivity contribution in [1.29, 1.82) is 0 Å². The average molecular weight is 325 g/mol. The number of fused-ring (bicyclic) bond motifs is 1. The summed E-state index contributed by atoms with van der Waals surface area (Å²) in [6.07, 6.45) is 1.02. The normalized spacial score (nSPS) is 11.3. The van der Waals surface area contributed by atoms with Gasteiger partial charge in [-0.05, 0) is 30.5 Å². The minimum atomic E-state index is -0.278. The molecule has 2 aromatic rings. The lowest BCUT2D eigenvalue weighted by atomic mass is 10.1. The molecule has 0 radical (unpaired) electrons. The van der Waals surface area contributed by atoms with Crippen molar-refractivity contribution in [2.45, 2.75) is 33.1 Å². The predicted octanol–water partition coefficient (Wildman–Crippen LogP) is 5.08. The molecule has 0 spiro atoms. The van der Waals surface area contributed by atoms with Crippen LogP contribution in [0.3, 0.4) is 0 Å². The van der Waals surface area contributed by atoms with Gasteiger partial charge in [-0.2, -0.15) is 0 Å². The van der Waals surface area contributed by atoms with Crippen molar-refractivity contribution in [1.82, 2.24) is 4.98 Å². The first-order valence-corrected chi connectivity index (χ1v) is 7.36. The van der Waals surface area contributed by atoms with Crippen molar-refractivity contribution in [2.24, 2.45) is 0 Å². The van der Waals surface area contributed by atoms with Crippen molar-refractivity contribution in [3.63, 3.8) is 0 Å². The Balaban J connectivity index is 2.70. The molecule has 0 amide bonds. The predicted molar refractivity (Wildman–Crippen MR) is 82.3 cm³/mol. The van der Waals surface area contributed by atoms with Gasteiger partial charge in [-0.15, -0.1) is 0 Å². The third-order valence-corrected chi connectivity index (χ3v) is 3.70. The van der Waals surface area contributed by atoms with Crippen LogP contribution in [-0.2, 0) is 0 Å². The van der Waals surface area contributed by atoms with E-state index < -0.39 is 0 Å². The van der Waals surface area contributed by atoms with Crippen LogP contribution in [0.5, 0.6) is 0 Å². The molecule has 102 valence electrons. The van der Waals surface area contributed by atoms with Crippen LogP contribution in [0.2, 0.25) is 0 Å². The van der Waals surface area contributed by atoms with E-state index in [0.717, 1.165) is 34.2 Å². The van der Waals surface area contributed by atoms with Gasteiger partial charge in [0.05, 0.1) is 0 Å². The van der Waals surface area contributed by atoms with Crippen LogP contribution >= 0.6 is 15.9 Å². The van der Waals surface area contributed by atoms with Gasteiger partial charge in [-0.1, -0.05) is 36.7 Å². The number of hydrogen-bond donors (Lipinski definition) is 1. The largest absolute Gasteiger partial charge is 0.384 e. The van der Waals surface area contributed by atoms with Crippen molar-refractivity contribution in [2.75, 3.05) is 11.9 Å². The first-order valence-electron chi connectivity index (χ1n) is 6.57. The van der Waals surface area contributed by atoms with Crippen molar-refractivity contribution < 1.29 is 4.39 Å². The molecule has 2 rings (SSSR count). The van der Waals surface area contributed by atoms with Gasteiger partial charge in [-0.3, -0.25) is 0 Å². The summed E-state index contributed by atoms with van der Waals surface area (Å²) in [7, 11) is 0. The van der Waals surface area contributed by atoms with Crippen LogP contribution in [-0.4, -0.2) is 11.5 Å². The van der Waals surface area contributed by atoms with Gasteiger partial charge in [0.15, 0.2) is 0 Å². The molecular formula is C15H18BrFN2. The van der Waals surface area contributed by atoms with Crippen molar-refractivity contribution >= 4 is 32.5 Å². The highest BCUT2D eigenvalue weighted by Crippen LogP contribution is 2.33. The average Bonchev–Trinajstić information content (AvgIpc) is 2.39. The van der Waals surface area contributed by atoms with Gasteiger partial charge >= 0.3 is 0 Å². The number of nitrogens with zero attached hydrogens (tertiary/aromatic N) is 1. The van der Waals surface area contributed by atoms with Gasteiger partial charge in [0.1, 0.15) is 11.3 Å². The lowest BCUT2D eigenvalue weighted by molar-refractivity contribution is 0.635. The second-order valence-corrected chi connectivity index (χ2v) is 5.78. The van der Waals surface area contributed by atoms with Crippen LogP contribution in [0.4, 0.5) is 10.1 Å². The van der Waals surface area contributed by atoms with E-state index in [1.807, 2.05) is 6.07 Å². The monoisotopic (exact) mass is 324 g/mol. The molecule has 1 aromatic carbocycles. The highest BCUT2D eigenvalue weighted by Gasteiger charge is 2.14. The molecule has 1 N–H and O–H groups in total. The van der Waals surface area contributed by atoms with E-state index in [1.54, 1.807) is 6.07 Å². The molecule has 0 fully saturated rings. The Morgan fingerprint density at radius 3 is 2.74 bits per heavy atom. The zero-order valence-electron chi connectivity index (χ0n) is 11.4. The van der Waals surface area contributed by atoms with E-state index in [9.17, 15) is 4.39 Å². The van der Waals surface area contributed by atoms with Crippen LogP contribution in [0, 0.1) is 5.82 Å². The smallest absolute Gasteiger partial charge is 0.149 e. The molecule has 0 aliphatic heterocycles. The fourth-order valence-electron chi connectivity index (χ4n) is 1.98. The molecule has 0 saturated heterocycles. The minimum absolute atomic E-state index is 0.268. The van der Waals surface area contributed by atoms with E-state index in [2.05, 4.69) is 47.0 Å². The number of hydrogen-bond acceptors (Lipinski definition) is 2. The topological polar surface area (TPSA) is 24.9 Å².